The zero-order chi connectivity index (χ0) is 11.5. The molecule has 0 saturated carbocycles. The van der Waals surface area contributed by atoms with Crippen molar-refractivity contribution in [3.63, 3.8) is 0 Å². The highest BCUT2D eigenvalue weighted by atomic mass is 35.5. The number of ether oxygens (including phenoxy) is 1. The van der Waals surface area contributed by atoms with E-state index < -0.39 is 19.2 Å². The number of pyridine rings is 1. The standard InChI is InChI=1S/C8H7ClF3NO2/c9-6-1-5(14)2-13-7(6)15-4-8(11,12)3-10/h1-2,14H,3-4H2. The van der Waals surface area contributed by atoms with Gasteiger partial charge in [0.05, 0.1) is 6.20 Å². The van der Waals surface area contributed by atoms with Crippen LogP contribution in [0.1, 0.15) is 0 Å². The molecule has 0 unspecified atom stereocenters. The summed E-state index contributed by atoms with van der Waals surface area (Å²) >= 11 is 5.52. The van der Waals surface area contributed by atoms with E-state index in [2.05, 4.69) is 9.72 Å². The SMILES string of the molecule is Oc1cnc(OCC(F)(F)CF)c(Cl)c1. The highest BCUT2D eigenvalue weighted by Crippen LogP contribution is 2.26. The lowest BCUT2D eigenvalue weighted by atomic mass is 10.4. The van der Waals surface area contributed by atoms with Gasteiger partial charge in [-0.3, -0.25) is 0 Å². The molecule has 0 saturated heterocycles. The van der Waals surface area contributed by atoms with Crippen molar-refractivity contribution in [1.29, 1.82) is 0 Å². The Hall–Kier alpha value is -1.17. The second kappa shape index (κ2) is 4.57. The number of hydrogen-bond acceptors (Lipinski definition) is 3. The predicted octanol–water partition coefficient (Wildman–Crippen LogP) is 2.42. The van der Waals surface area contributed by atoms with E-state index >= 15 is 0 Å². The first-order chi connectivity index (χ1) is 6.94. The van der Waals surface area contributed by atoms with Gasteiger partial charge in [0.1, 0.15) is 10.8 Å². The van der Waals surface area contributed by atoms with Crippen molar-refractivity contribution in [2.75, 3.05) is 13.3 Å². The zero-order valence-corrected chi connectivity index (χ0v) is 8.14. The minimum Gasteiger partial charge on any atom is -0.506 e. The van der Waals surface area contributed by atoms with Crippen molar-refractivity contribution >= 4 is 11.6 Å². The third-order valence-corrected chi connectivity index (χ3v) is 1.68. The lowest BCUT2D eigenvalue weighted by molar-refractivity contribution is -0.0594. The van der Waals surface area contributed by atoms with Crippen LogP contribution in [0.15, 0.2) is 12.3 Å². The van der Waals surface area contributed by atoms with Crippen LogP contribution in [-0.4, -0.2) is 29.3 Å². The minimum absolute atomic E-state index is 0.121. The van der Waals surface area contributed by atoms with Gasteiger partial charge in [0, 0.05) is 6.07 Å². The second-order valence-electron chi connectivity index (χ2n) is 2.76. The normalized spacial score (nSPS) is 11.5. The van der Waals surface area contributed by atoms with E-state index in [9.17, 15) is 13.2 Å². The van der Waals surface area contributed by atoms with E-state index in [4.69, 9.17) is 16.7 Å². The van der Waals surface area contributed by atoms with Crippen molar-refractivity contribution < 1.29 is 23.0 Å². The Balaban J connectivity index is 2.66. The molecule has 1 N–H and O–H groups in total. The molecular weight excluding hydrogens is 235 g/mol. The van der Waals surface area contributed by atoms with Gasteiger partial charge < -0.3 is 9.84 Å². The molecule has 1 aromatic rings. The van der Waals surface area contributed by atoms with Crippen LogP contribution < -0.4 is 4.74 Å². The van der Waals surface area contributed by atoms with Crippen molar-refractivity contribution in [3.05, 3.63) is 17.3 Å². The first kappa shape index (κ1) is 11.9. The summed E-state index contributed by atoms with van der Waals surface area (Å²) in [5, 5.41) is 8.78. The fourth-order valence-electron chi connectivity index (χ4n) is 0.734. The molecule has 1 heterocycles. The van der Waals surface area contributed by atoms with Gasteiger partial charge >= 0.3 is 5.92 Å². The van der Waals surface area contributed by atoms with E-state index in [-0.39, 0.29) is 16.7 Å². The van der Waals surface area contributed by atoms with Crippen molar-refractivity contribution in [2.45, 2.75) is 5.92 Å². The van der Waals surface area contributed by atoms with Crippen LogP contribution in [0.5, 0.6) is 11.6 Å². The molecule has 0 aromatic carbocycles. The monoisotopic (exact) mass is 241 g/mol. The molecule has 0 aliphatic carbocycles. The number of halogens is 4. The van der Waals surface area contributed by atoms with Gasteiger partial charge in [-0.1, -0.05) is 11.6 Å². The molecule has 84 valence electrons. The summed E-state index contributed by atoms with van der Waals surface area (Å²) in [6.45, 7) is -2.97. The molecule has 0 bridgehead atoms. The molecule has 0 spiro atoms. The Morgan fingerprint density at radius 1 is 1.53 bits per heavy atom. The quantitative estimate of drug-likeness (QED) is 0.880. The molecular formula is C8H7ClF3NO2. The topological polar surface area (TPSA) is 42.4 Å². The predicted molar refractivity (Wildman–Crippen MR) is 47.3 cm³/mol. The van der Waals surface area contributed by atoms with Gasteiger partial charge in [0.15, 0.2) is 13.3 Å². The van der Waals surface area contributed by atoms with Crippen LogP contribution in [0.2, 0.25) is 5.02 Å². The summed E-state index contributed by atoms with van der Waals surface area (Å²) < 4.78 is 41.1. The molecule has 0 amide bonds. The summed E-state index contributed by atoms with van der Waals surface area (Å²) in [5.74, 6) is -4.06. The van der Waals surface area contributed by atoms with E-state index in [1.807, 2.05) is 0 Å². The maximum absolute atomic E-state index is 12.4. The van der Waals surface area contributed by atoms with Gasteiger partial charge in [0.2, 0.25) is 5.88 Å². The molecule has 3 nitrogen and oxygen atoms in total. The first-order valence-corrected chi connectivity index (χ1v) is 4.23. The lowest BCUT2D eigenvalue weighted by Gasteiger charge is -2.13. The van der Waals surface area contributed by atoms with Crippen molar-refractivity contribution in [1.82, 2.24) is 4.98 Å². The third kappa shape index (κ3) is 3.47. The van der Waals surface area contributed by atoms with Crippen molar-refractivity contribution in [2.24, 2.45) is 0 Å². The van der Waals surface area contributed by atoms with Crippen LogP contribution in [0, 0.1) is 0 Å². The Morgan fingerprint density at radius 2 is 2.20 bits per heavy atom. The van der Waals surface area contributed by atoms with E-state index in [1.165, 1.54) is 0 Å². The molecule has 15 heavy (non-hydrogen) atoms. The Kier molecular flexibility index (Phi) is 3.62. The van der Waals surface area contributed by atoms with Crippen LogP contribution in [0.4, 0.5) is 13.2 Å². The molecule has 1 rings (SSSR count). The van der Waals surface area contributed by atoms with E-state index in [0.29, 0.717) is 0 Å². The minimum atomic E-state index is -3.57. The van der Waals surface area contributed by atoms with Crippen LogP contribution in [0.3, 0.4) is 0 Å². The number of nitrogens with zero attached hydrogens (tertiary/aromatic N) is 1. The third-order valence-electron chi connectivity index (χ3n) is 1.41. The molecule has 0 aliphatic heterocycles. The molecule has 0 fully saturated rings. The molecule has 0 aliphatic rings. The highest BCUT2D eigenvalue weighted by molar-refractivity contribution is 6.31. The van der Waals surface area contributed by atoms with Gasteiger partial charge in [-0.25, -0.2) is 9.37 Å². The smallest absolute Gasteiger partial charge is 0.309 e. The number of hydrogen-bond donors (Lipinski definition) is 1. The summed E-state index contributed by atoms with van der Waals surface area (Å²) in [6, 6.07) is 1.08. The van der Waals surface area contributed by atoms with Crippen LogP contribution >= 0.6 is 11.6 Å². The van der Waals surface area contributed by atoms with Gasteiger partial charge in [-0.15, -0.1) is 0 Å². The molecule has 0 radical (unpaired) electrons. The maximum Gasteiger partial charge on any atom is 0.309 e. The zero-order valence-electron chi connectivity index (χ0n) is 7.38. The number of aromatic nitrogens is 1. The van der Waals surface area contributed by atoms with E-state index in [0.717, 1.165) is 12.3 Å². The number of aromatic hydroxyl groups is 1. The summed E-state index contributed by atoms with van der Waals surface area (Å²) in [7, 11) is 0. The van der Waals surface area contributed by atoms with Crippen LogP contribution in [-0.2, 0) is 0 Å². The van der Waals surface area contributed by atoms with Gasteiger partial charge in [-0.05, 0) is 0 Å². The molecule has 7 heteroatoms. The highest BCUT2D eigenvalue weighted by Gasteiger charge is 2.30. The second-order valence-corrected chi connectivity index (χ2v) is 3.17. The Bertz CT molecular complexity index is 349. The molecule has 1 aromatic heterocycles. The van der Waals surface area contributed by atoms with E-state index in [1.54, 1.807) is 0 Å². The fourth-order valence-corrected chi connectivity index (χ4v) is 0.949. The summed E-state index contributed by atoms with van der Waals surface area (Å²) in [5.41, 5.74) is 0. The largest absolute Gasteiger partial charge is 0.506 e. The Morgan fingerprint density at radius 3 is 2.73 bits per heavy atom. The number of rotatable bonds is 4. The van der Waals surface area contributed by atoms with Gasteiger partial charge in [0.25, 0.3) is 0 Å². The maximum atomic E-state index is 12.4. The Labute approximate surface area is 88.5 Å². The average Bonchev–Trinajstić information content (AvgIpc) is 2.16. The summed E-state index contributed by atoms with van der Waals surface area (Å²) in [4.78, 5) is 3.46. The van der Waals surface area contributed by atoms with Gasteiger partial charge in [-0.2, -0.15) is 8.78 Å². The molecule has 0 atom stereocenters. The first-order valence-electron chi connectivity index (χ1n) is 3.86. The fraction of sp³-hybridized carbons (Fsp3) is 0.375. The number of alkyl halides is 3. The average molecular weight is 242 g/mol. The van der Waals surface area contributed by atoms with Crippen LogP contribution in [0.25, 0.3) is 0 Å². The van der Waals surface area contributed by atoms with Crippen molar-refractivity contribution in [3.8, 4) is 11.6 Å². The lowest BCUT2D eigenvalue weighted by Crippen LogP contribution is -2.28. The summed E-state index contributed by atoms with van der Waals surface area (Å²) in [6.07, 6.45) is 0.981.